The van der Waals surface area contributed by atoms with Gasteiger partial charge < -0.3 is 9.09 Å². The minimum absolute atomic E-state index is 0.609. The van der Waals surface area contributed by atoms with Crippen molar-refractivity contribution in [2.24, 2.45) is 0 Å². The van der Waals surface area contributed by atoms with Gasteiger partial charge in [0.2, 0.25) is 0 Å². The molecule has 0 spiro atoms. The van der Waals surface area contributed by atoms with Crippen molar-refractivity contribution in [3.63, 3.8) is 0 Å². The summed E-state index contributed by atoms with van der Waals surface area (Å²) in [6.07, 6.45) is 0.609. The first kappa shape index (κ1) is 11.2. The molecule has 1 aromatic carbocycles. The molecule has 0 unspecified atom stereocenters. The zero-order chi connectivity index (χ0) is 12.5. The molecule has 5 nitrogen and oxygen atoms in total. The molecule has 0 aliphatic carbocycles. The molecular weight excluding hydrogens is 248 g/mol. The lowest BCUT2D eigenvalue weighted by Crippen LogP contribution is -2.03. The number of rotatable bonds is 3. The highest BCUT2D eigenvalue weighted by molar-refractivity contribution is 7.71. The van der Waals surface area contributed by atoms with Gasteiger partial charge in [-0.05, 0) is 31.3 Å². The smallest absolute Gasteiger partial charge is 0.195 e. The predicted octanol–water partition coefficient (Wildman–Crippen LogP) is 2.69. The predicted molar refractivity (Wildman–Crippen MR) is 69.9 cm³/mol. The molecule has 3 aromatic rings. The third-order valence-corrected chi connectivity index (χ3v) is 3.24. The molecule has 92 valence electrons. The highest BCUT2D eigenvalue weighted by Gasteiger charge is 2.12. The molecule has 0 saturated heterocycles. The second-order valence-electron chi connectivity index (χ2n) is 3.99. The van der Waals surface area contributed by atoms with Gasteiger partial charge in [0, 0.05) is 11.9 Å². The largest absolute Gasteiger partial charge is 0.356 e. The molecule has 2 heterocycles. The molecule has 0 amide bonds. The van der Waals surface area contributed by atoms with E-state index in [-0.39, 0.29) is 0 Å². The highest BCUT2D eigenvalue weighted by Crippen LogP contribution is 2.19. The van der Waals surface area contributed by atoms with Gasteiger partial charge in [0.1, 0.15) is 5.82 Å². The summed E-state index contributed by atoms with van der Waals surface area (Å²) in [6.45, 7) is 2.83. The van der Waals surface area contributed by atoms with Crippen molar-refractivity contribution in [3.05, 3.63) is 40.6 Å². The Morgan fingerprint density at radius 3 is 3.06 bits per heavy atom. The van der Waals surface area contributed by atoms with Crippen molar-refractivity contribution in [2.45, 2.75) is 19.9 Å². The van der Waals surface area contributed by atoms with E-state index < -0.39 is 0 Å². The summed E-state index contributed by atoms with van der Waals surface area (Å²) in [6, 6.07) is 7.81. The van der Waals surface area contributed by atoms with Crippen LogP contribution in [0.1, 0.15) is 18.4 Å². The van der Waals surface area contributed by atoms with Crippen molar-refractivity contribution in [1.29, 1.82) is 0 Å². The molecule has 0 aliphatic heterocycles. The molecule has 6 heteroatoms. The molecule has 2 aromatic heterocycles. The van der Waals surface area contributed by atoms with Crippen LogP contribution in [0.4, 0.5) is 0 Å². The van der Waals surface area contributed by atoms with Gasteiger partial charge in [0.25, 0.3) is 0 Å². The van der Waals surface area contributed by atoms with Crippen molar-refractivity contribution < 1.29 is 4.52 Å². The normalized spacial score (nSPS) is 11.2. The van der Waals surface area contributed by atoms with E-state index in [0.717, 1.165) is 29.0 Å². The minimum Gasteiger partial charge on any atom is -0.356 e. The Kier molecular flexibility index (Phi) is 2.71. The fourth-order valence-electron chi connectivity index (χ4n) is 2.03. The van der Waals surface area contributed by atoms with Gasteiger partial charge in [-0.2, -0.15) is 5.10 Å². The van der Waals surface area contributed by atoms with Crippen LogP contribution in [-0.4, -0.2) is 19.9 Å². The summed E-state index contributed by atoms with van der Waals surface area (Å²) < 4.78 is 7.87. The lowest BCUT2D eigenvalue weighted by molar-refractivity contribution is 0.446. The van der Waals surface area contributed by atoms with Crippen LogP contribution >= 0.6 is 12.2 Å². The summed E-state index contributed by atoms with van der Waals surface area (Å²) in [5.74, 6) is 0.876. The van der Waals surface area contributed by atoms with E-state index in [0.29, 0.717) is 11.2 Å². The Balaban J connectivity index is 2.04. The van der Waals surface area contributed by atoms with Gasteiger partial charge in [0.05, 0.1) is 12.1 Å². The van der Waals surface area contributed by atoms with E-state index in [2.05, 4.69) is 15.4 Å². The molecule has 0 atom stereocenters. The fraction of sp³-hybridized carbons (Fsp3) is 0.250. The fourth-order valence-corrected chi connectivity index (χ4v) is 2.31. The van der Waals surface area contributed by atoms with E-state index in [1.54, 1.807) is 0 Å². The minimum atomic E-state index is 0.609. The number of benzene rings is 1. The third-order valence-electron chi connectivity index (χ3n) is 2.93. The van der Waals surface area contributed by atoms with E-state index in [4.69, 9.17) is 16.7 Å². The van der Waals surface area contributed by atoms with Crippen LogP contribution in [0.3, 0.4) is 0 Å². The van der Waals surface area contributed by atoms with Crippen molar-refractivity contribution in [1.82, 2.24) is 19.9 Å². The zero-order valence-electron chi connectivity index (χ0n) is 9.88. The lowest BCUT2D eigenvalue weighted by atomic mass is 10.1. The Hall–Kier alpha value is -1.95. The Morgan fingerprint density at radius 2 is 2.22 bits per heavy atom. The van der Waals surface area contributed by atoms with Crippen LogP contribution in [0.25, 0.3) is 11.0 Å². The number of para-hydroxylation sites is 1. The summed E-state index contributed by atoms with van der Waals surface area (Å²) in [7, 11) is 0. The molecule has 1 N–H and O–H groups in total. The molecular formula is C12H12N4OS. The van der Waals surface area contributed by atoms with Gasteiger partial charge in [-0.3, -0.25) is 5.10 Å². The average Bonchev–Trinajstić information content (AvgIpc) is 2.95. The van der Waals surface area contributed by atoms with Crippen molar-refractivity contribution in [3.8, 4) is 0 Å². The number of nitrogens with zero attached hydrogens (tertiary/aromatic N) is 3. The molecule has 0 saturated carbocycles. The quantitative estimate of drug-likeness (QED) is 0.735. The molecule has 0 radical (unpaired) electrons. The maximum absolute atomic E-state index is 5.28. The van der Waals surface area contributed by atoms with E-state index in [1.165, 1.54) is 0 Å². The first-order valence-corrected chi connectivity index (χ1v) is 6.17. The van der Waals surface area contributed by atoms with Crippen molar-refractivity contribution in [2.75, 3.05) is 0 Å². The first-order valence-electron chi connectivity index (χ1n) is 5.77. The number of nitrogens with one attached hydrogen (secondary N) is 1. The number of H-pyrrole nitrogens is 1. The molecule has 3 rings (SSSR count). The molecule has 18 heavy (non-hydrogen) atoms. The number of hydrogen-bond acceptors (Lipinski definition) is 4. The molecule has 0 aliphatic rings. The van der Waals surface area contributed by atoms with Crippen LogP contribution in [0.15, 0.2) is 28.8 Å². The van der Waals surface area contributed by atoms with Gasteiger partial charge >= 0.3 is 0 Å². The first-order chi connectivity index (χ1) is 8.79. The van der Waals surface area contributed by atoms with Gasteiger partial charge in [0.15, 0.2) is 10.4 Å². The Labute approximate surface area is 108 Å². The lowest BCUT2D eigenvalue weighted by Gasteiger charge is -2.00. The molecule has 0 fully saturated rings. The van der Waals surface area contributed by atoms with Crippen LogP contribution in [0, 0.1) is 4.77 Å². The summed E-state index contributed by atoms with van der Waals surface area (Å²) in [4.78, 5) is 0. The third kappa shape index (κ3) is 1.74. The van der Waals surface area contributed by atoms with E-state index in [1.807, 2.05) is 35.8 Å². The average molecular weight is 260 g/mol. The SMILES string of the molecule is CCn1c(Cc2noc3ccccc23)n[nH]c1=S. The maximum atomic E-state index is 5.28. The highest BCUT2D eigenvalue weighted by atomic mass is 32.1. The second kappa shape index (κ2) is 4.38. The monoisotopic (exact) mass is 260 g/mol. The van der Waals surface area contributed by atoms with Crippen LogP contribution in [0.2, 0.25) is 0 Å². The summed E-state index contributed by atoms with van der Waals surface area (Å²) >= 11 is 5.16. The molecule has 0 bridgehead atoms. The topological polar surface area (TPSA) is 59.6 Å². The van der Waals surface area contributed by atoms with Gasteiger partial charge in [-0.25, -0.2) is 0 Å². The van der Waals surface area contributed by atoms with Crippen LogP contribution in [-0.2, 0) is 13.0 Å². The zero-order valence-corrected chi connectivity index (χ0v) is 10.7. The van der Waals surface area contributed by atoms with Crippen molar-refractivity contribution >= 4 is 23.2 Å². The van der Waals surface area contributed by atoms with Crippen LogP contribution in [0.5, 0.6) is 0 Å². The van der Waals surface area contributed by atoms with E-state index >= 15 is 0 Å². The number of aromatic amines is 1. The number of fused-ring (bicyclic) bond motifs is 1. The maximum Gasteiger partial charge on any atom is 0.195 e. The second-order valence-corrected chi connectivity index (χ2v) is 4.38. The number of aromatic nitrogens is 4. The summed E-state index contributed by atoms with van der Waals surface area (Å²) in [5.41, 5.74) is 1.68. The summed E-state index contributed by atoms with van der Waals surface area (Å²) in [5, 5.41) is 12.2. The van der Waals surface area contributed by atoms with Crippen LogP contribution < -0.4 is 0 Å². The standard InChI is InChI=1S/C12H12N4OS/c1-2-16-11(13-14-12(16)18)7-9-8-5-3-4-6-10(8)17-15-9/h3-6H,2,7H2,1H3,(H,14,18). The Bertz CT molecular complexity index is 740. The van der Waals surface area contributed by atoms with E-state index in [9.17, 15) is 0 Å². The Morgan fingerprint density at radius 1 is 1.39 bits per heavy atom. The van der Waals surface area contributed by atoms with Gasteiger partial charge in [-0.15, -0.1) is 0 Å². The number of hydrogen-bond donors (Lipinski definition) is 1. The van der Waals surface area contributed by atoms with Gasteiger partial charge in [-0.1, -0.05) is 17.3 Å².